The average Bonchev–Trinajstić information content (AvgIpc) is 3.06. The molecule has 3 heteroatoms. The summed E-state index contributed by atoms with van der Waals surface area (Å²) in [5.74, 6) is 1.99. The molecule has 1 N–H and O–H groups in total. The predicted molar refractivity (Wildman–Crippen MR) is 118 cm³/mol. The van der Waals surface area contributed by atoms with Crippen molar-refractivity contribution in [1.29, 1.82) is 0 Å². The van der Waals surface area contributed by atoms with Crippen molar-refractivity contribution in [3.8, 4) is 0 Å². The van der Waals surface area contributed by atoms with E-state index in [0.717, 1.165) is 38.0 Å². The van der Waals surface area contributed by atoms with Crippen LogP contribution in [0.2, 0.25) is 0 Å². The molecule has 0 spiro atoms. The molecule has 0 aromatic heterocycles. The van der Waals surface area contributed by atoms with Gasteiger partial charge >= 0.3 is 5.97 Å². The zero-order chi connectivity index (χ0) is 21.0. The second-order valence-corrected chi connectivity index (χ2v) is 9.98. The van der Waals surface area contributed by atoms with Crippen molar-refractivity contribution in [1.82, 2.24) is 0 Å². The summed E-state index contributed by atoms with van der Waals surface area (Å²) in [5, 5.41) is 10.0. The largest absolute Gasteiger partial charge is 0.469 e. The Morgan fingerprint density at radius 1 is 1.31 bits per heavy atom. The molecular formula is C26H40O3. The van der Waals surface area contributed by atoms with Gasteiger partial charge in [0, 0.05) is 6.42 Å². The second kappa shape index (κ2) is 9.64. The van der Waals surface area contributed by atoms with Gasteiger partial charge in [0.15, 0.2) is 0 Å². The van der Waals surface area contributed by atoms with Crippen LogP contribution in [0.15, 0.2) is 35.5 Å². The summed E-state index contributed by atoms with van der Waals surface area (Å²) in [6.45, 7) is 9.13. The molecule has 0 aromatic rings. The molecule has 0 amide bonds. The highest BCUT2D eigenvalue weighted by molar-refractivity contribution is 5.68. The maximum atomic E-state index is 11.4. The minimum Gasteiger partial charge on any atom is -0.469 e. The average molecular weight is 401 g/mol. The number of esters is 1. The molecule has 3 rings (SSSR count). The third-order valence-corrected chi connectivity index (χ3v) is 8.18. The fourth-order valence-electron chi connectivity index (χ4n) is 6.48. The lowest BCUT2D eigenvalue weighted by atomic mass is 9.60. The third kappa shape index (κ3) is 5.05. The first-order valence-corrected chi connectivity index (χ1v) is 11.7. The second-order valence-electron chi connectivity index (χ2n) is 9.98. The van der Waals surface area contributed by atoms with E-state index in [2.05, 4.69) is 32.6 Å². The lowest BCUT2D eigenvalue weighted by Crippen LogP contribution is -2.36. The predicted octanol–water partition coefficient (Wildman–Crippen LogP) is 6.14. The number of aliphatic hydroxyl groups excluding tert-OH is 1. The van der Waals surface area contributed by atoms with E-state index in [1.807, 2.05) is 0 Å². The number of hydrogen-bond donors (Lipinski definition) is 1. The Balaban J connectivity index is 1.68. The van der Waals surface area contributed by atoms with Gasteiger partial charge in [0.25, 0.3) is 0 Å². The summed E-state index contributed by atoms with van der Waals surface area (Å²) >= 11 is 0. The number of rotatable bonds is 6. The SMILES string of the molecule is C=C1CC[C@H](O)C/C1=C/C=C1\CCC[C@]2(C)C([C@H](C)CCCC(=O)OC)CC[C@@H]12. The molecule has 0 saturated heterocycles. The standard InChI is InChI=1S/C26H40O3/c1-18-10-13-22(27)17-21(18)12-11-20-8-6-16-26(3)23(14-15-24(20)26)19(2)7-5-9-25(28)29-4/h11-12,19,22-24,27H,1,5-10,13-17H2,2-4H3/b20-11+,21-12-/t19-,22+,23?,24+,26-/m1/s1. The highest BCUT2D eigenvalue weighted by Gasteiger charge is 2.50. The molecule has 3 nitrogen and oxygen atoms in total. The van der Waals surface area contributed by atoms with Gasteiger partial charge < -0.3 is 9.84 Å². The van der Waals surface area contributed by atoms with Gasteiger partial charge in [-0.1, -0.05) is 43.7 Å². The van der Waals surface area contributed by atoms with Crippen LogP contribution in [-0.4, -0.2) is 24.3 Å². The lowest BCUT2D eigenvalue weighted by Gasteiger charge is -2.44. The molecule has 0 radical (unpaired) electrons. The van der Waals surface area contributed by atoms with E-state index in [-0.39, 0.29) is 12.1 Å². The molecule has 0 heterocycles. The van der Waals surface area contributed by atoms with E-state index in [0.29, 0.717) is 23.7 Å². The van der Waals surface area contributed by atoms with Crippen molar-refractivity contribution in [2.45, 2.75) is 90.6 Å². The van der Waals surface area contributed by atoms with E-state index >= 15 is 0 Å². The molecule has 29 heavy (non-hydrogen) atoms. The van der Waals surface area contributed by atoms with Gasteiger partial charge in [-0.3, -0.25) is 4.79 Å². The summed E-state index contributed by atoms with van der Waals surface area (Å²) in [7, 11) is 1.48. The highest BCUT2D eigenvalue weighted by atomic mass is 16.5. The van der Waals surface area contributed by atoms with Gasteiger partial charge in [0.2, 0.25) is 0 Å². The molecule has 0 aromatic carbocycles. The Morgan fingerprint density at radius 2 is 2.10 bits per heavy atom. The van der Waals surface area contributed by atoms with Crippen LogP contribution in [0.3, 0.4) is 0 Å². The summed E-state index contributed by atoms with van der Waals surface area (Å²) < 4.78 is 4.79. The van der Waals surface area contributed by atoms with Gasteiger partial charge in [-0.2, -0.15) is 0 Å². The minimum atomic E-state index is -0.205. The number of allylic oxidation sites excluding steroid dienone is 4. The molecule has 3 saturated carbocycles. The summed E-state index contributed by atoms with van der Waals surface area (Å²) in [5.41, 5.74) is 4.45. The van der Waals surface area contributed by atoms with E-state index in [1.54, 1.807) is 5.57 Å². The zero-order valence-electron chi connectivity index (χ0n) is 18.7. The first-order valence-electron chi connectivity index (χ1n) is 11.7. The molecule has 3 aliphatic carbocycles. The van der Waals surface area contributed by atoms with Crippen LogP contribution in [0.4, 0.5) is 0 Å². The molecule has 162 valence electrons. The van der Waals surface area contributed by atoms with Gasteiger partial charge in [-0.25, -0.2) is 0 Å². The van der Waals surface area contributed by atoms with Crippen LogP contribution >= 0.6 is 0 Å². The molecule has 3 fully saturated rings. The van der Waals surface area contributed by atoms with Crippen LogP contribution in [0.5, 0.6) is 0 Å². The molecule has 0 aliphatic heterocycles. The first kappa shape index (κ1) is 22.3. The van der Waals surface area contributed by atoms with Crippen molar-refractivity contribution < 1.29 is 14.6 Å². The normalized spacial score (nSPS) is 36.3. The van der Waals surface area contributed by atoms with Crippen LogP contribution in [0.1, 0.15) is 84.5 Å². The van der Waals surface area contributed by atoms with Gasteiger partial charge in [-0.05, 0) is 93.0 Å². The summed E-state index contributed by atoms with van der Waals surface area (Å²) in [6.07, 6.45) is 16.0. The van der Waals surface area contributed by atoms with Crippen LogP contribution < -0.4 is 0 Å². The number of hydrogen-bond acceptors (Lipinski definition) is 3. The fourth-order valence-corrected chi connectivity index (χ4v) is 6.48. The number of fused-ring (bicyclic) bond motifs is 1. The van der Waals surface area contributed by atoms with Gasteiger partial charge in [0.05, 0.1) is 13.2 Å². The quantitative estimate of drug-likeness (QED) is 0.545. The molecule has 1 unspecified atom stereocenters. The van der Waals surface area contributed by atoms with Crippen LogP contribution in [0.25, 0.3) is 0 Å². The maximum Gasteiger partial charge on any atom is 0.305 e. The van der Waals surface area contributed by atoms with E-state index in [4.69, 9.17) is 4.74 Å². The minimum absolute atomic E-state index is 0.0851. The Morgan fingerprint density at radius 3 is 2.86 bits per heavy atom. The van der Waals surface area contributed by atoms with Crippen molar-refractivity contribution in [2.24, 2.45) is 23.2 Å². The van der Waals surface area contributed by atoms with Crippen LogP contribution in [-0.2, 0) is 9.53 Å². The van der Waals surface area contributed by atoms with Crippen molar-refractivity contribution in [3.63, 3.8) is 0 Å². The Labute approximate surface area is 177 Å². The molecule has 0 bridgehead atoms. The Kier molecular flexibility index (Phi) is 7.42. The lowest BCUT2D eigenvalue weighted by molar-refractivity contribution is -0.140. The third-order valence-electron chi connectivity index (χ3n) is 8.18. The number of carbonyl (C=O) groups is 1. The van der Waals surface area contributed by atoms with Crippen LogP contribution in [0, 0.1) is 23.2 Å². The summed E-state index contributed by atoms with van der Waals surface area (Å²) in [6, 6.07) is 0. The highest BCUT2D eigenvalue weighted by Crippen LogP contribution is 2.59. The number of ether oxygens (including phenoxy) is 1. The smallest absolute Gasteiger partial charge is 0.305 e. The van der Waals surface area contributed by atoms with Gasteiger partial charge in [0.1, 0.15) is 0 Å². The summed E-state index contributed by atoms with van der Waals surface area (Å²) in [4.78, 5) is 11.4. The zero-order valence-corrected chi connectivity index (χ0v) is 18.7. The fraction of sp³-hybridized carbons (Fsp3) is 0.731. The van der Waals surface area contributed by atoms with E-state index in [1.165, 1.54) is 50.4 Å². The van der Waals surface area contributed by atoms with E-state index < -0.39 is 0 Å². The van der Waals surface area contributed by atoms with E-state index in [9.17, 15) is 9.90 Å². The van der Waals surface area contributed by atoms with Crippen molar-refractivity contribution in [2.75, 3.05) is 7.11 Å². The number of aliphatic hydroxyl groups is 1. The first-order chi connectivity index (χ1) is 13.8. The van der Waals surface area contributed by atoms with Crippen molar-refractivity contribution in [3.05, 3.63) is 35.5 Å². The monoisotopic (exact) mass is 400 g/mol. The number of carbonyl (C=O) groups excluding carboxylic acids is 1. The Bertz CT molecular complexity index is 673. The van der Waals surface area contributed by atoms with Gasteiger partial charge in [-0.15, -0.1) is 0 Å². The molecule has 3 aliphatic rings. The molecular weight excluding hydrogens is 360 g/mol. The van der Waals surface area contributed by atoms with Crippen molar-refractivity contribution >= 4 is 5.97 Å². The topological polar surface area (TPSA) is 46.5 Å². The number of methoxy groups -OCH3 is 1. The Hall–Kier alpha value is -1.35. The maximum absolute atomic E-state index is 11.4. The molecule has 5 atom stereocenters.